The van der Waals surface area contributed by atoms with Crippen LogP contribution >= 0.6 is 23.8 Å². The molecule has 1 aromatic heterocycles. The Balaban J connectivity index is 2.24. The van der Waals surface area contributed by atoms with Gasteiger partial charge in [-0.3, -0.25) is 9.36 Å². The molecule has 3 aromatic rings. The molecule has 0 aliphatic heterocycles. The van der Waals surface area contributed by atoms with Crippen LogP contribution in [0.1, 0.15) is 10.4 Å². The number of ether oxygens (including phenoxy) is 2. The maximum absolute atomic E-state index is 12.9. The van der Waals surface area contributed by atoms with E-state index >= 15 is 0 Å². The van der Waals surface area contributed by atoms with Gasteiger partial charge >= 0.3 is 5.97 Å². The van der Waals surface area contributed by atoms with Gasteiger partial charge in [-0.05, 0) is 48.6 Å². The lowest BCUT2D eigenvalue weighted by Gasteiger charge is -2.10. The van der Waals surface area contributed by atoms with Gasteiger partial charge < -0.3 is 14.5 Å². The van der Waals surface area contributed by atoms with E-state index in [0.29, 0.717) is 32.9 Å². The van der Waals surface area contributed by atoms with E-state index in [0.717, 1.165) is 0 Å². The number of rotatable bonds is 3. The Bertz CT molecular complexity index is 1100. The molecular formula is C17H13ClN2O4S. The number of carbonyl (C=O) groups excluding carboxylic acids is 1. The van der Waals surface area contributed by atoms with Gasteiger partial charge in [0.05, 0.1) is 41.4 Å². The molecule has 8 heteroatoms. The van der Waals surface area contributed by atoms with E-state index in [4.69, 9.17) is 28.6 Å². The second kappa shape index (κ2) is 6.70. The van der Waals surface area contributed by atoms with Crippen LogP contribution in [0.5, 0.6) is 5.75 Å². The summed E-state index contributed by atoms with van der Waals surface area (Å²) in [5.41, 5.74) is 0.964. The van der Waals surface area contributed by atoms with Crippen LogP contribution in [0.25, 0.3) is 16.6 Å². The summed E-state index contributed by atoms with van der Waals surface area (Å²) in [7, 11) is 2.80. The first-order valence-corrected chi connectivity index (χ1v) is 7.96. The van der Waals surface area contributed by atoms with Crippen molar-refractivity contribution in [3.8, 4) is 11.4 Å². The zero-order chi connectivity index (χ0) is 18.1. The Hall–Kier alpha value is -2.64. The third kappa shape index (κ3) is 3.04. The minimum Gasteiger partial charge on any atom is -0.495 e. The molecule has 6 nitrogen and oxygen atoms in total. The van der Waals surface area contributed by atoms with Gasteiger partial charge in [0.1, 0.15) is 5.75 Å². The monoisotopic (exact) mass is 376 g/mol. The van der Waals surface area contributed by atoms with Crippen LogP contribution in [0.3, 0.4) is 0 Å². The molecule has 0 saturated carbocycles. The SMILES string of the molecule is COC(=O)c1ccc2c(=O)n(-c3ccc(OC)c(Cl)c3)c(=S)[nH]c2c1. The first-order valence-electron chi connectivity index (χ1n) is 7.17. The van der Waals surface area contributed by atoms with Gasteiger partial charge in [0, 0.05) is 0 Å². The van der Waals surface area contributed by atoms with Crippen molar-refractivity contribution in [2.24, 2.45) is 0 Å². The quantitative estimate of drug-likeness (QED) is 0.559. The molecule has 0 atom stereocenters. The van der Waals surface area contributed by atoms with E-state index in [2.05, 4.69) is 9.72 Å². The van der Waals surface area contributed by atoms with Crippen molar-refractivity contribution in [3.63, 3.8) is 0 Å². The molecule has 0 unspecified atom stereocenters. The number of benzene rings is 2. The number of carbonyl (C=O) groups is 1. The topological polar surface area (TPSA) is 73.3 Å². The van der Waals surface area contributed by atoms with Gasteiger partial charge in [-0.1, -0.05) is 11.6 Å². The van der Waals surface area contributed by atoms with Crippen LogP contribution in [0, 0.1) is 4.77 Å². The van der Waals surface area contributed by atoms with Gasteiger partial charge in [-0.2, -0.15) is 0 Å². The first-order chi connectivity index (χ1) is 12.0. The molecule has 25 heavy (non-hydrogen) atoms. The normalized spacial score (nSPS) is 10.7. The summed E-state index contributed by atoms with van der Waals surface area (Å²) in [6.07, 6.45) is 0. The Kier molecular flexibility index (Phi) is 4.61. The maximum Gasteiger partial charge on any atom is 0.337 e. The molecule has 0 aliphatic carbocycles. The van der Waals surface area contributed by atoms with Gasteiger partial charge in [-0.25, -0.2) is 4.79 Å². The fourth-order valence-electron chi connectivity index (χ4n) is 2.49. The highest BCUT2D eigenvalue weighted by molar-refractivity contribution is 7.71. The molecule has 0 amide bonds. The molecule has 0 radical (unpaired) electrons. The van der Waals surface area contributed by atoms with Crippen molar-refractivity contribution in [2.75, 3.05) is 14.2 Å². The third-order valence-electron chi connectivity index (χ3n) is 3.71. The number of aromatic nitrogens is 2. The van der Waals surface area contributed by atoms with Crippen LogP contribution < -0.4 is 10.3 Å². The number of nitrogens with one attached hydrogen (secondary N) is 1. The van der Waals surface area contributed by atoms with E-state index in [1.54, 1.807) is 24.3 Å². The number of hydrogen-bond acceptors (Lipinski definition) is 5. The number of esters is 1. The predicted molar refractivity (Wildman–Crippen MR) is 97.6 cm³/mol. The van der Waals surface area contributed by atoms with E-state index in [1.165, 1.54) is 30.9 Å². The number of methoxy groups -OCH3 is 2. The van der Waals surface area contributed by atoms with E-state index in [-0.39, 0.29) is 10.3 Å². The number of hydrogen-bond donors (Lipinski definition) is 1. The van der Waals surface area contributed by atoms with Crippen LogP contribution in [0.15, 0.2) is 41.2 Å². The van der Waals surface area contributed by atoms with Crippen molar-refractivity contribution < 1.29 is 14.3 Å². The van der Waals surface area contributed by atoms with E-state index in [1.807, 2.05) is 0 Å². The highest BCUT2D eigenvalue weighted by atomic mass is 35.5. The zero-order valence-corrected chi connectivity index (χ0v) is 14.9. The minimum absolute atomic E-state index is 0.181. The highest BCUT2D eigenvalue weighted by Gasteiger charge is 2.12. The lowest BCUT2D eigenvalue weighted by atomic mass is 10.1. The summed E-state index contributed by atoms with van der Waals surface area (Å²) in [5.74, 6) is 0.00389. The van der Waals surface area contributed by atoms with Crippen LogP contribution in [-0.2, 0) is 4.74 Å². The van der Waals surface area contributed by atoms with Gasteiger partial charge in [0.15, 0.2) is 4.77 Å². The number of halogens is 1. The molecule has 1 N–H and O–H groups in total. The van der Waals surface area contributed by atoms with Crippen molar-refractivity contribution in [3.05, 3.63) is 62.1 Å². The zero-order valence-electron chi connectivity index (χ0n) is 13.3. The van der Waals surface area contributed by atoms with E-state index < -0.39 is 5.97 Å². The molecule has 0 aliphatic rings. The second-order valence-corrected chi connectivity index (χ2v) is 5.94. The maximum atomic E-state index is 12.9. The van der Waals surface area contributed by atoms with Crippen molar-refractivity contribution in [1.82, 2.24) is 9.55 Å². The molecule has 0 fully saturated rings. The smallest absolute Gasteiger partial charge is 0.337 e. The highest BCUT2D eigenvalue weighted by Crippen LogP contribution is 2.26. The lowest BCUT2D eigenvalue weighted by molar-refractivity contribution is 0.0601. The first kappa shape index (κ1) is 17.2. The van der Waals surface area contributed by atoms with Crippen molar-refractivity contribution in [2.45, 2.75) is 0 Å². The third-order valence-corrected chi connectivity index (χ3v) is 4.29. The van der Waals surface area contributed by atoms with Gasteiger partial charge in [0.25, 0.3) is 5.56 Å². The standard InChI is InChI=1S/C17H13ClN2O4S/c1-23-14-6-4-10(8-12(14)18)20-15(21)11-5-3-9(16(22)24-2)7-13(11)19-17(20)25/h3-8H,1-2H3,(H,19,25). The Labute approximate surface area is 152 Å². The molecule has 3 rings (SSSR count). The predicted octanol–water partition coefficient (Wildman–Crippen LogP) is 3.50. The average Bonchev–Trinajstić information content (AvgIpc) is 2.60. The minimum atomic E-state index is -0.493. The van der Waals surface area contributed by atoms with Crippen molar-refractivity contribution >= 4 is 40.7 Å². The number of aromatic amines is 1. The van der Waals surface area contributed by atoms with Gasteiger partial charge in [-0.15, -0.1) is 0 Å². The largest absolute Gasteiger partial charge is 0.495 e. The summed E-state index contributed by atoms with van der Waals surface area (Å²) in [5, 5.41) is 0.746. The van der Waals surface area contributed by atoms with Gasteiger partial charge in [0.2, 0.25) is 0 Å². The summed E-state index contributed by atoms with van der Waals surface area (Å²) >= 11 is 11.4. The average molecular weight is 377 g/mol. The molecular weight excluding hydrogens is 364 g/mol. The van der Waals surface area contributed by atoms with Crippen LogP contribution in [0.2, 0.25) is 5.02 Å². The molecule has 0 saturated heterocycles. The van der Waals surface area contributed by atoms with E-state index in [9.17, 15) is 9.59 Å². The van der Waals surface area contributed by atoms with Crippen LogP contribution in [0.4, 0.5) is 0 Å². The molecule has 128 valence electrons. The second-order valence-electron chi connectivity index (χ2n) is 5.14. The molecule has 0 bridgehead atoms. The molecule has 1 heterocycles. The molecule has 0 spiro atoms. The van der Waals surface area contributed by atoms with Crippen molar-refractivity contribution in [1.29, 1.82) is 0 Å². The summed E-state index contributed by atoms with van der Waals surface area (Å²) in [6.45, 7) is 0. The summed E-state index contributed by atoms with van der Waals surface area (Å²) in [6, 6.07) is 9.55. The molecule has 2 aromatic carbocycles. The number of H-pyrrole nitrogens is 1. The Morgan fingerprint density at radius 3 is 2.60 bits per heavy atom. The lowest BCUT2D eigenvalue weighted by Crippen LogP contribution is -2.20. The summed E-state index contributed by atoms with van der Waals surface area (Å²) < 4.78 is 11.3. The number of nitrogens with zero attached hydrogens (tertiary/aromatic N) is 1. The number of fused-ring (bicyclic) bond motifs is 1. The summed E-state index contributed by atoms with van der Waals surface area (Å²) in [4.78, 5) is 27.5. The fourth-order valence-corrected chi connectivity index (χ4v) is 3.04. The Morgan fingerprint density at radius 2 is 1.96 bits per heavy atom. The fraction of sp³-hybridized carbons (Fsp3) is 0.118. The van der Waals surface area contributed by atoms with Crippen LogP contribution in [-0.4, -0.2) is 29.7 Å². The Morgan fingerprint density at radius 1 is 1.20 bits per heavy atom.